The molecule has 1 saturated carbocycles. The van der Waals surface area contributed by atoms with Crippen molar-refractivity contribution in [1.29, 1.82) is 0 Å². The molecule has 2 N–H and O–H groups in total. The van der Waals surface area contributed by atoms with Gasteiger partial charge in [0, 0.05) is 13.1 Å². The molecule has 18 heavy (non-hydrogen) atoms. The Hall–Kier alpha value is -0.890. The Labute approximate surface area is 115 Å². The number of para-hydroxylation sites is 1. The van der Waals surface area contributed by atoms with Crippen molar-refractivity contribution in [2.24, 2.45) is 5.92 Å². The lowest BCUT2D eigenvalue weighted by molar-refractivity contribution is 0.313. The van der Waals surface area contributed by atoms with E-state index in [0.29, 0.717) is 16.8 Å². The van der Waals surface area contributed by atoms with Gasteiger partial charge in [-0.1, -0.05) is 31.0 Å². The summed E-state index contributed by atoms with van der Waals surface area (Å²) >= 11 is 6.09. The van der Waals surface area contributed by atoms with Crippen LogP contribution in [-0.4, -0.2) is 13.1 Å². The van der Waals surface area contributed by atoms with Crippen molar-refractivity contribution >= 4 is 23.0 Å². The number of rotatable bonds is 3. The first-order chi connectivity index (χ1) is 8.63. The van der Waals surface area contributed by atoms with Crippen LogP contribution in [0.25, 0.3) is 0 Å². The van der Waals surface area contributed by atoms with E-state index in [1.165, 1.54) is 32.1 Å². The standard InChI is InChI=1S/C15H23ClN2/c1-3-11-7-9-12(10-8-11)18(2)14-6-4-5-13(16)15(14)17/h4-6,11-12H,3,7-10,17H2,1-2H3. The zero-order chi connectivity index (χ0) is 13.1. The first-order valence-electron chi connectivity index (χ1n) is 6.90. The van der Waals surface area contributed by atoms with E-state index in [9.17, 15) is 0 Å². The monoisotopic (exact) mass is 266 g/mol. The molecule has 0 unspecified atom stereocenters. The second-order valence-corrected chi connectivity index (χ2v) is 5.77. The SMILES string of the molecule is CCC1CCC(N(C)c2cccc(Cl)c2N)CC1. The lowest BCUT2D eigenvalue weighted by atomic mass is 9.84. The number of hydrogen-bond donors (Lipinski definition) is 1. The van der Waals surface area contributed by atoms with Crippen LogP contribution < -0.4 is 10.6 Å². The summed E-state index contributed by atoms with van der Waals surface area (Å²) in [5, 5.41) is 0.654. The fraction of sp³-hybridized carbons (Fsp3) is 0.600. The molecule has 0 bridgehead atoms. The second kappa shape index (κ2) is 5.83. The van der Waals surface area contributed by atoms with Crippen LogP contribution in [0.4, 0.5) is 11.4 Å². The van der Waals surface area contributed by atoms with Gasteiger partial charge in [-0.3, -0.25) is 0 Å². The molecule has 2 nitrogen and oxygen atoms in total. The molecule has 0 aromatic heterocycles. The molecule has 1 fully saturated rings. The molecule has 0 aliphatic heterocycles. The van der Waals surface area contributed by atoms with Crippen LogP contribution >= 0.6 is 11.6 Å². The summed E-state index contributed by atoms with van der Waals surface area (Å²) in [4.78, 5) is 2.31. The van der Waals surface area contributed by atoms with Gasteiger partial charge < -0.3 is 10.6 Å². The van der Waals surface area contributed by atoms with Gasteiger partial charge in [0.15, 0.2) is 0 Å². The highest BCUT2D eigenvalue weighted by Crippen LogP contribution is 2.35. The van der Waals surface area contributed by atoms with E-state index >= 15 is 0 Å². The molecule has 100 valence electrons. The van der Waals surface area contributed by atoms with E-state index in [1.54, 1.807) is 0 Å². The van der Waals surface area contributed by atoms with Crippen molar-refractivity contribution in [3.63, 3.8) is 0 Å². The molecule has 0 amide bonds. The third-order valence-electron chi connectivity index (χ3n) is 4.35. The number of hydrogen-bond acceptors (Lipinski definition) is 2. The zero-order valence-corrected chi connectivity index (χ0v) is 12.1. The lowest BCUT2D eigenvalue weighted by Crippen LogP contribution is -2.35. The highest BCUT2D eigenvalue weighted by atomic mass is 35.5. The van der Waals surface area contributed by atoms with E-state index in [1.807, 2.05) is 12.1 Å². The Balaban J connectivity index is 2.08. The largest absolute Gasteiger partial charge is 0.396 e. The Kier molecular flexibility index (Phi) is 4.39. The molecular weight excluding hydrogens is 244 g/mol. The molecule has 1 aromatic carbocycles. The maximum absolute atomic E-state index is 6.09. The van der Waals surface area contributed by atoms with E-state index in [2.05, 4.69) is 24.9 Å². The fourth-order valence-electron chi connectivity index (χ4n) is 2.97. The molecule has 1 aliphatic carbocycles. The number of anilines is 2. The van der Waals surface area contributed by atoms with Crippen LogP contribution in [0.3, 0.4) is 0 Å². The predicted molar refractivity (Wildman–Crippen MR) is 80.3 cm³/mol. The van der Waals surface area contributed by atoms with Crippen LogP contribution in [0.2, 0.25) is 5.02 Å². The maximum Gasteiger partial charge on any atom is 0.0741 e. The Morgan fingerprint density at radius 2 is 1.94 bits per heavy atom. The summed E-state index contributed by atoms with van der Waals surface area (Å²) in [5.41, 5.74) is 7.85. The molecule has 2 rings (SSSR count). The van der Waals surface area contributed by atoms with Crippen molar-refractivity contribution in [2.45, 2.75) is 45.1 Å². The highest BCUT2D eigenvalue weighted by Gasteiger charge is 2.24. The molecule has 0 radical (unpaired) electrons. The minimum Gasteiger partial charge on any atom is -0.396 e. The number of benzene rings is 1. The van der Waals surface area contributed by atoms with Gasteiger partial charge in [0.2, 0.25) is 0 Å². The van der Waals surface area contributed by atoms with Gasteiger partial charge >= 0.3 is 0 Å². The van der Waals surface area contributed by atoms with E-state index < -0.39 is 0 Å². The summed E-state index contributed by atoms with van der Waals surface area (Å²) in [6.07, 6.45) is 6.52. The molecule has 0 saturated heterocycles. The molecule has 0 atom stereocenters. The normalized spacial score (nSPS) is 23.9. The van der Waals surface area contributed by atoms with Gasteiger partial charge in [-0.05, 0) is 43.7 Å². The van der Waals surface area contributed by atoms with Crippen molar-refractivity contribution in [1.82, 2.24) is 0 Å². The average Bonchev–Trinajstić information content (AvgIpc) is 2.41. The third-order valence-corrected chi connectivity index (χ3v) is 4.68. The molecular formula is C15H23ClN2. The minimum atomic E-state index is 0.605. The van der Waals surface area contributed by atoms with E-state index in [0.717, 1.165) is 11.6 Å². The highest BCUT2D eigenvalue weighted by molar-refractivity contribution is 6.33. The van der Waals surface area contributed by atoms with Gasteiger partial charge in [-0.2, -0.15) is 0 Å². The van der Waals surface area contributed by atoms with E-state index in [4.69, 9.17) is 17.3 Å². The summed E-state index contributed by atoms with van der Waals surface area (Å²) in [5.74, 6) is 0.923. The average molecular weight is 267 g/mol. The Morgan fingerprint density at radius 3 is 2.56 bits per heavy atom. The number of nitrogen functional groups attached to an aromatic ring is 1. The quantitative estimate of drug-likeness (QED) is 0.826. The zero-order valence-electron chi connectivity index (χ0n) is 11.3. The summed E-state index contributed by atoms with van der Waals surface area (Å²) in [7, 11) is 2.14. The van der Waals surface area contributed by atoms with Crippen molar-refractivity contribution < 1.29 is 0 Å². The smallest absolute Gasteiger partial charge is 0.0741 e. The van der Waals surface area contributed by atoms with Gasteiger partial charge in [-0.15, -0.1) is 0 Å². The topological polar surface area (TPSA) is 29.3 Å². The molecule has 0 spiro atoms. The first kappa shape index (κ1) is 13.5. The number of halogens is 1. The van der Waals surface area contributed by atoms with Crippen LogP contribution in [0, 0.1) is 5.92 Å². The molecule has 3 heteroatoms. The summed E-state index contributed by atoms with van der Waals surface area (Å²) in [6, 6.07) is 6.49. The summed E-state index contributed by atoms with van der Waals surface area (Å²) < 4.78 is 0. The molecule has 0 heterocycles. The lowest BCUT2D eigenvalue weighted by Gasteiger charge is -2.36. The van der Waals surface area contributed by atoms with Crippen molar-refractivity contribution in [3.8, 4) is 0 Å². The van der Waals surface area contributed by atoms with Gasteiger partial charge in [-0.25, -0.2) is 0 Å². The Bertz CT molecular complexity index is 397. The van der Waals surface area contributed by atoms with Gasteiger partial charge in [0.05, 0.1) is 16.4 Å². The fourth-order valence-corrected chi connectivity index (χ4v) is 3.14. The van der Waals surface area contributed by atoms with Crippen LogP contribution in [-0.2, 0) is 0 Å². The van der Waals surface area contributed by atoms with Crippen molar-refractivity contribution in [3.05, 3.63) is 23.2 Å². The van der Waals surface area contributed by atoms with E-state index in [-0.39, 0.29) is 0 Å². The minimum absolute atomic E-state index is 0.605. The first-order valence-corrected chi connectivity index (χ1v) is 7.28. The second-order valence-electron chi connectivity index (χ2n) is 5.37. The van der Waals surface area contributed by atoms with Gasteiger partial charge in [0.1, 0.15) is 0 Å². The summed E-state index contributed by atoms with van der Waals surface area (Å²) in [6.45, 7) is 2.30. The van der Waals surface area contributed by atoms with Crippen LogP contribution in [0.5, 0.6) is 0 Å². The predicted octanol–water partition coefficient (Wildman–Crippen LogP) is 4.33. The van der Waals surface area contributed by atoms with Gasteiger partial charge in [0.25, 0.3) is 0 Å². The number of nitrogens with two attached hydrogens (primary N) is 1. The molecule has 1 aromatic rings. The number of nitrogens with zero attached hydrogens (tertiary/aromatic N) is 1. The van der Waals surface area contributed by atoms with Crippen molar-refractivity contribution in [2.75, 3.05) is 17.7 Å². The third kappa shape index (κ3) is 2.74. The maximum atomic E-state index is 6.09. The van der Waals surface area contributed by atoms with Crippen LogP contribution in [0.1, 0.15) is 39.0 Å². The molecule has 1 aliphatic rings. The Morgan fingerprint density at radius 1 is 1.28 bits per heavy atom. The van der Waals surface area contributed by atoms with Crippen LogP contribution in [0.15, 0.2) is 18.2 Å².